The molecule has 1 aliphatic carbocycles. The SMILES string of the molecule is O=[N+]([O-])c1ccc(-c2ccc3c(c2)C2(C=N3)CCCCC2)[nH]1. The van der Waals surface area contributed by atoms with Crippen LogP contribution in [0.4, 0.5) is 11.5 Å². The van der Waals surface area contributed by atoms with E-state index in [1.54, 1.807) is 6.07 Å². The average Bonchev–Trinajstić information content (AvgIpc) is 3.15. The fourth-order valence-electron chi connectivity index (χ4n) is 3.72. The second-order valence-electron chi connectivity index (χ2n) is 6.22. The maximum Gasteiger partial charge on any atom is 0.321 e. The number of rotatable bonds is 2. The van der Waals surface area contributed by atoms with Crippen molar-refractivity contribution in [1.29, 1.82) is 0 Å². The molecule has 2 aromatic rings. The zero-order valence-corrected chi connectivity index (χ0v) is 12.2. The Kier molecular flexibility index (Phi) is 2.89. The van der Waals surface area contributed by atoms with E-state index in [-0.39, 0.29) is 11.2 Å². The number of nitrogens with zero attached hydrogens (tertiary/aromatic N) is 2. The van der Waals surface area contributed by atoms with Crippen LogP contribution in [-0.2, 0) is 5.41 Å². The van der Waals surface area contributed by atoms with Gasteiger partial charge in [-0.1, -0.05) is 19.3 Å². The van der Waals surface area contributed by atoms with E-state index in [1.807, 2.05) is 12.1 Å². The monoisotopic (exact) mass is 295 g/mol. The minimum absolute atomic E-state index is 0.0270. The molecule has 1 saturated carbocycles. The van der Waals surface area contributed by atoms with Gasteiger partial charge >= 0.3 is 5.82 Å². The summed E-state index contributed by atoms with van der Waals surface area (Å²) in [5.74, 6) is 0.0270. The first-order valence-electron chi connectivity index (χ1n) is 7.72. The van der Waals surface area contributed by atoms with Crippen LogP contribution < -0.4 is 0 Å². The van der Waals surface area contributed by atoms with Crippen molar-refractivity contribution in [1.82, 2.24) is 4.98 Å². The van der Waals surface area contributed by atoms with Crippen LogP contribution in [0.2, 0.25) is 0 Å². The van der Waals surface area contributed by atoms with E-state index in [1.165, 1.54) is 30.9 Å². The van der Waals surface area contributed by atoms with Gasteiger partial charge in [0.2, 0.25) is 0 Å². The van der Waals surface area contributed by atoms with Crippen LogP contribution >= 0.6 is 0 Å². The second kappa shape index (κ2) is 4.80. The predicted molar refractivity (Wildman–Crippen MR) is 85.8 cm³/mol. The first-order chi connectivity index (χ1) is 10.7. The lowest BCUT2D eigenvalue weighted by atomic mass is 9.71. The topological polar surface area (TPSA) is 71.3 Å². The molecule has 4 rings (SSSR count). The van der Waals surface area contributed by atoms with Gasteiger partial charge in [0.25, 0.3) is 0 Å². The van der Waals surface area contributed by atoms with Crippen LogP contribution in [0.15, 0.2) is 35.3 Å². The summed E-state index contributed by atoms with van der Waals surface area (Å²) < 4.78 is 0. The molecule has 22 heavy (non-hydrogen) atoms. The van der Waals surface area contributed by atoms with Crippen molar-refractivity contribution < 1.29 is 4.92 Å². The molecule has 5 nitrogen and oxygen atoms in total. The van der Waals surface area contributed by atoms with E-state index in [4.69, 9.17) is 0 Å². The molecule has 1 N–H and O–H groups in total. The van der Waals surface area contributed by atoms with E-state index in [0.29, 0.717) is 0 Å². The van der Waals surface area contributed by atoms with Crippen LogP contribution in [0.5, 0.6) is 0 Å². The third-order valence-corrected chi connectivity index (χ3v) is 4.91. The zero-order chi connectivity index (χ0) is 15.2. The molecule has 0 atom stereocenters. The normalized spacial score (nSPS) is 18.5. The third-order valence-electron chi connectivity index (χ3n) is 4.91. The minimum Gasteiger partial charge on any atom is -0.358 e. The molecule has 112 valence electrons. The number of aliphatic imine (C=N–C) groups is 1. The van der Waals surface area contributed by atoms with E-state index < -0.39 is 4.92 Å². The van der Waals surface area contributed by atoms with E-state index in [9.17, 15) is 10.1 Å². The maximum atomic E-state index is 10.8. The zero-order valence-electron chi connectivity index (χ0n) is 12.2. The largest absolute Gasteiger partial charge is 0.358 e. The Morgan fingerprint density at radius 1 is 1.14 bits per heavy atom. The minimum atomic E-state index is -0.400. The molecule has 2 heterocycles. The summed E-state index contributed by atoms with van der Waals surface area (Å²) in [5, 5.41) is 10.8. The van der Waals surface area contributed by atoms with Crippen molar-refractivity contribution in [2.75, 3.05) is 0 Å². The summed E-state index contributed by atoms with van der Waals surface area (Å²) in [5.41, 5.74) is 4.19. The molecule has 1 fully saturated rings. The Labute approximate surface area is 128 Å². The average molecular weight is 295 g/mol. The Hall–Kier alpha value is -2.43. The van der Waals surface area contributed by atoms with Crippen LogP contribution in [0.3, 0.4) is 0 Å². The van der Waals surface area contributed by atoms with Crippen LogP contribution in [0.1, 0.15) is 37.7 Å². The summed E-state index contributed by atoms with van der Waals surface area (Å²) in [6.45, 7) is 0. The molecule has 1 aromatic heterocycles. The van der Waals surface area contributed by atoms with Gasteiger partial charge < -0.3 is 10.1 Å². The number of benzene rings is 1. The van der Waals surface area contributed by atoms with Gasteiger partial charge in [0.05, 0.1) is 5.69 Å². The quantitative estimate of drug-likeness (QED) is 0.654. The molecule has 2 aliphatic rings. The number of hydrogen-bond acceptors (Lipinski definition) is 3. The summed E-state index contributed by atoms with van der Waals surface area (Å²) in [4.78, 5) is 17.9. The van der Waals surface area contributed by atoms with Gasteiger partial charge in [0, 0.05) is 23.3 Å². The molecule has 1 aromatic carbocycles. The Morgan fingerprint density at radius 3 is 2.68 bits per heavy atom. The number of H-pyrrole nitrogens is 1. The molecule has 0 amide bonds. The van der Waals surface area contributed by atoms with Gasteiger partial charge in [-0.05, 0) is 47.6 Å². The summed E-state index contributed by atoms with van der Waals surface area (Å²) >= 11 is 0. The maximum absolute atomic E-state index is 10.8. The van der Waals surface area contributed by atoms with Gasteiger partial charge in [-0.2, -0.15) is 0 Å². The number of nitrogens with one attached hydrogen (secondary N) is 1. The highest BCUT2D eigenvalue weighted by molar-refractivity contribution is 5.87. The smallest absolute Gasteiger partial charge is 0.321 e. The summed E-state index contributed by atoms with van der Waals surface area (Å²) in [6.07, 6.45) is 8.20. The molecule has 0 unspecified atom stereocenters. The van der Waals surface area contributed by atoms with Crippen molar-refractivity contribution in [3.63, 3.8) is 0 Å². The van der Waals surface area contributed by atoms with Gasteiger partial charge in [-0.15, -0.1) is 0 Å². The number of hydrogen-bond donors (Lipinski definition) is 1. The van der Waals surface area contributed by atoms with Gasteiger partial charge in [-0.3, -0.25) is 4.99 Å². The summed E-state index contributed by atoms with van der Waals surface area (Å²) in [6, 6.07) is 9.44. The Morgan fingerprint density at radius 2 is 1.95 bits per heavy atom. The lowest BCUT2D eigenvalue weighted by Gasteiger charge is -2.31. The van der Waals surface area contributed by atoms with Gasteiger partial charge in [0.1, 0.15) is 5.69 Å². The Balaban J connectivity index is 1.75. The fourth-order valence-corrected chi connectivity index (χ4v) is 3.72. The molecule has 1 spiro atoms. The van der Waals surface area contributed by atoms with E-state index >= 15 is 0 Å². The van der Waals surface area contributed by atoms with E-state index in [0.717, 1.165) is 29.8 Å². The molecule has 0 saturated heterocycles. The number of aromatic amines is 1. The molecule has 5 heteroatoms. The first-order valence-corrected chi connectivity index (χ1v) is 7.72. The van der Waals surface area contributed by atoms with Crippen LogP contribution in [0, 0.1) is 10.1 Å². The van der Waals surface area contributed by atoms with Crippen molar-refractivity contribution in [2.24, 2.45) is 4.99 Å². The standard InChI is InChI=1S/C17H17N3O2/c21-20(22)16-7-6-14(19-16)12-4-5-15-13(10-12)17(11-18-15)8-2-1-3-9-17/h4-7,10-11,19H,1-3,8-9H2. The summed E-state index contributed by atoms with van der Waals surface area (Å²) in [7, 11) is 0. The number of fused-ring (bicyclic) bond motifs is 2. The van der Waals surface area contributed by atoms with Gasteiger partial charge in [0.15, 0.2) is 0 Å². The van der Waals surface area contributed by atoms with Crippen molar-refractivity contribution >= 4 is 17.7 Å². The molecule has 0 bridgehead atoms. The van der Waals surface area contributed by atoms with Crippen LogP contribution in [-0.4, -0.2) is 16.1 Å². The third kappa shape index (κ3) is 1.96. The highest BCUT2D eigenvalue weighted by Crippen LogP contribution is 2.47. The fraction of sp³-hybridized carbons (Fsp3) is 0.353. The van der Waals surface area contributed by atoms with Crippen molar-refractivity contribution in [2.45, 2.75) is 37.5 Å². The Bertz CT molecular complexity index is 770. The molecule has 1 aliphatic heterocycles. The highest BCUT2D eigenvalue weighted by atomic mass is 16.6. The number of nitro groups is 1. The van der Waals surface area contributed by atoms with Gasteiger partial charge in [-0.25, -0.2) is 4.98 Å². The molecule has 0 radical (unpaired) electrons. The second-order valence-corrected chi connectivity index (χ2v) is 6.22. The molecular formula is C17H17N3O2. The van der Waals surface area contributed by atoms with Crippen molar-refractivity contribution in [3.05, 3.63) is 46.0 Å². The van der Waals surface area contributed by atoms with Crippen LogP contribution in [0.25, 0.3) is 11.3 Å². The van der Waals surface area contributed by atoms with Crippen molar-refractivity contribution in [3.8, 4) is 11.3 Å². The number of aromatic nitrogens is 1. The lowest BCUT2D eigenvalue weighted by molar-refractivity contribution is -0.389. The predicted octanol–water partition coefficient (Wildman–Crippen LogP) is 4.51. The van der Waals surface area contributed by atoms with E-state index in [2.05, 4.69) is 22.3 Å². The first kappa shape index (κ1) is 13.2. The molecular weight excluding hydrogens is 278 g/mol. The lowest BCUT2D eigenvalue weighted by Crippen LogP contribution is -2.28. The highest BCUT2D eigenvalue weighted by Gasteiger charge is 2.37.